The lowest BCUT2D eigenvalue weighted by Gasteiger charge is -2.31. The van der Waals surface area contributed by atoms with E-state index in [1.54, 1.807) is 0 Å². The molecule has 0 aliphatic rings. The van der Waals surface area contributed by atoms with Crippen molar-refractivity contribution >= 4 is 17.9 Å². The second-order valence-corrected chi connectivity index (χ2v) is 19.9. The van der Waals surface area contributed by atoms with Crippen molar-refractivity contribution < 1.29 is 38.2 Å². The van der Waals surface area contributed by atoms with Crippen molar-refractivity contribution in [1.82, 2.24) is 0 Å². The summed E-state index contributed by atoms with van der Waals surface area (Å²) in [5.41, 5.74) is 0. The minimum atomic E-state index is -0.868. The monoisotopic (exact) mass is 881 g/mol. The van der Waals surface area contributed by atoms with Crippen molar-refractivity contribution in [3.05, 3.63) is 0 Å². The summed E-state index contributed by atoms with van der Waals surface area (Å²) in [6, 6.07) is -0.609. The Morgan fingerprint density at radius 1 is 0.419 bits per heavy atom. The summed E-state index contributed by atoms with van der Waals surface area (Å²) in [4.78, 5) is 37.2. The smallest absolute Gasteiger partial charge is 0.362 e. The quantitative estimate of drug-likeness (QED) is 0.0369. The van der Waals surface area contributed by atoms with E-state index in [2.05, 4.69) is 13.8 Å². The number of nitrogens with zero attached hydrogens (tertiary/aromatic N) is 1. The van der Waals surface area contributed by atoms with Crippen LogP contribution in [0, 0.1) is 0 Å². The van der Waals surface area contributed by atoms with Gasteiger partial charge >= 0.3 is 17.9 Å². The number of carboxylic acids is 1. The van der Waals surface area contributed by atoms with E-state index in [1.807, 2.05) is 21.1 Å². The fraction of sp³-hybridized carbons (Fsp3) is 0.944. The van der Waals surface area contributed by atoms with Crippen molar-refractivity contribution in [3.8, 4) is 0 Å². The highest BCUT2D eigenvalue weighted by atomic mass is 16.6. The summed E-state index contributed by atoms with van der Waals surface area (Å²) >= 11 is 0. The number of rotatable bonds is 50. The number of esters is 2. The molecule has 2 atom stereocenters. The van der Waals surface area contributed by atoms with Crippen LogP contribution in [-0.4, -0.2) is 80.6 Å². The average molecular weight is 881 g/mol. The van der Waals surface area contributed by atoms with Crippen LogP contribution in [0.3, 0.4) is 0 Å². The van der Waals surface area contributed by atoms with Crippen molar-refractivity contribution in [2.75, 3.05) is 41.0 Å². The number of hydrogen-bond acceptors (Lipinski definition) is 6. The van der Waals surface area contributed by atoms with Crippen LogP contribution < -0.4 is 0 Å². The first-order valence-electron chi connectivity index (χ1n) is 27.1. The Hall–Kier alpha value is -1.67. The van der Waals surface area contributed by atoms with E-state index in [-0.39, 0.29) is 36.2 Å². The van der Waals surface area contributed by atoms with Gasteiger partial charge in [-0.1, -0.05) is 245 Å². The van der Waals surface area contributed by atoms with Crippen LogP contribution in [0.4, 0.5) is 0 Å². The topological polar surface area (TPSA) is 99.1 Å². The molecule has 0 spiro atoms. The summed E-state index contributed by atoms with van der Waals surface area (Å²) in [7, 11) is 5.55. The van der Waals surface area contributed by atoms with Crippen molar-refractivity contribution in [2.45, 2.75) is 289 Å². The zero-order valence-corrected chi connectivity index (χ0v) is 42.1. The standard InChI is InChI=1S/C54H105NO7/c1-6-8-10-12-14-16-18-20-22-23-24-25-26-27-28-29-31-32-34-36-38-40-42-44-52(56)61-49-50(48-60-47-46-51(54(58)59)55(3,4)5)62-53(57)45-43-41-39-37-35-33-30-21-19-17-15-13-11-9-7-2/h50-51H,6-49H2,1-5H3/p+1. The molecule has 0 aromatic carbocycles. The minimum absolute atomic E-state index is 0.0412. The number of unbranched alkanes of at least 4 members (excludes halogenated alkanes) is 36. The van der Waals surface area contributed by atoms with E-state index in [0.717, 1.165) is 38.5 Å². The minimum Gasteiger partial charge on any atom is -0.477 e. The number of quaternary nitrogens is 1. The van der Waals surface area contributed by atoms with Crippen LogP contribution in [0.25, 0.3) is 0 Å². The van der Waals surface area contributed by atoms with Crippen molar-refractivity contribution in [3.63, 3.8) is 0 Å². The highest BCUT2D eigenvalue weighted by Crippen LogP contribution is 2.18. The van der Waals surface area contributed by atoms with E-state index in [9.17, 15) is 19.5 Å². The molecule has 0 fully saturated rings. The van der Waals surface area contributed by atoms with Gasteiger partial charge in [-0.3, -0.25) is 9.59 Å². The highest BCUT2D eigenvalue weighted by Gasteiger charge is 2.31. The summed E-state index contributed by atoms with van der Waals surface area (Å²) in [5, 5.41) is 9.65. The summed E-state index contributed by atoms with van der Waals surface area (Å²) in [6.45, 7) is 4.80. The van der Waals surface area contributed by atoms with Gasteiger partial charge in [-0.2, -0.15) is 0 Å². The van der Waals surface area contributed by atoms with E-state index in [0.29, 0.717) is 19.3 Å². The van der Waals surface area contributed by atoms with Gasteiger partial charge in [0.2, 0.25) is 0 Å². The number of likely N-dealkylation sites (N-methyl/N-ethyl adjacent to an activating group) is 1. The van der Waals surface area contributed by atoms with Gasteiger partial charge in [0.25, 0.3) is 0 Å². The van der Waals surface area contributed by atoms with E-state index in [1.165, 1.54) is 205 Å². The normalized spacial score (nSPS) is 12.7. The Morgan fingerprint density at radius 2 is 0.710 bits per heavy atom. The van der Waals surface area contributed by atoms with Gasteiger partial charge in [0.15, 0.2) is 12.1 Å². The first-order valence-corrected chi connectivity index (χ1v) is 27.1. The summed E-state index contributed by atoms with van der Waals surface area (Å²) in [6.07, 6.45) is 50.1. The fourth-order valence-electron chi connectivity index (χ4n) is 8.57. The number of carboxylic acid groups (broad SMARTS) is 1. The number of hydrogen-bond donors (Lipinski definition) is 1. The Labute approximate surface area is 385 Å². The van der Waals surface area contributed by atoms with Crippen LogP contribution in [-0.2, 0) is 28.6 Å². The molecule has 0 bridgehead atoms. The van der Waals surface area contributed by atoms with Crippen LogP contribution in [0.2, 0.25) is 0 Å². The Balaban J connectivity index is 4.11. The molecule has 8 nitrogen and oxygen atoms in total. The zero-order chi connectivity index (χ0) is 45.6. The second kappa shape index (κ2) is 45.9. The first kappa shape index (κ1) is 60.3. The van der Waals surface area contributed by atoms with Gasteiger partial charge in [-0.05, 0) is 12.8 Å². The highest BCUT2D eigenvalue weighted by molar-refractivity contribution is 5.72. The molecule has 0 aliphatic heterocycles. The van der Waals surface area contributed by atoms with Crippen LogP contribution in [0.1, 0.15) is 277 Å². The lowest BCUT2D eigenvalue weighted by atomic mass is 10.0. The molecule has 0 saturated carbocycles. The number of carbonyl (C=O) groups excluding carboxylic acids is 2. The molecular weight excluding hydrogens is 775 g/mol. The molecule has 1 N–H and O–H groups in total. The number of aliphatic carboxylic acids is 1. The maximum absolute atomic E-state index is 12.8. The third kappa shape index (κ3) is 43.6. The van der Waals surface area contributed by atoms with Gasteiger partial charge in [0, 0.05) is 19.3 Å². The van der Waals surface area contributed by atoms with Crippen LogP contribution in [0.15, 0.2) is 0 Å². The number of carbonyl (C=O) groups is 3. The molecular formula is C54H106NO7+. The van der Waals surface area contributed by atoms with E-state index < -0.39 is 18.1 Å². The first-order chi connectivity index (χ1) is 30.1. The van der Waals surface area contributed by atoms with Crippen LogP contribution >= 0.6 is 0 Å². The molecule has 0 saturated heterocycles. The third-order valence-electron chi connectivity index (χ3n) is 12.8. The van der Waals surface area contributed by atoms with Gasteiger partial charge in [-0.25, -0.2) is 4.79 Å². The lowest BCUT2D eigenvalue weighted by Crippen LogP contribution is -2.50. The Bertz CT molecular complexity index is 982. The SMILES string of the molecule is CCCCCCCCCCCCCCCCCCCCCCCCCC(=O)OCC(COCCC(C(=O)O)[N+](C)(C)C)OC(=O)CCCCCCCCCCCCCCCCC. The van der Waals surface area contributed by atoms with E-state index in [4.69, 9.17) is 14.2 Å². The van der Waals surface area contributed by atoms with Gasteiger partial charge in [-0.15, -0.1) is 0 Å². The lowest BCUT2D eigenvalue weighted by molar-refractivity contribution is -0.887. The molecule has 0 heterocycles. The molecule has 62 heavy (non-hydrogen) atoms. The summed E-state index contributed by atoms with van der Waals surface area (Å²) in [5.74, 6) is -1.44. The predicted octanol–water partition coefficient (Wildman–Crippen LogP) is 15.7. The fourth-order valence-corrected chi connectivity index (χ4v) is 8.57. The molecule has 8 heteroatoms. The van der Waals surface area contributed by atoms with Gasteiger partial charge in [0.1, 0.15) is 6.61 Å². The predicted molar refractivity (Wildman–Crippen MR) is 262 cm³/mol. The average Bonchev–Trinajstić information content (AvgIpc) is 3.23. The molecule has 368 valence electrons. The molecule has 0 amide bonds. The Morgan fingerprint density at radius 3 is 1.00 bits per heavy atom. The number of ether oxygens (including phenoxy) is 3. The maximum atomic E-state index is 12.8. The van der Waals surface area contributed by atoms with Gasteiger partial charge in [0.05, 0.1) is 34.4 Å². The largest absolute Gasteiger partial charge is 0.477 e. The molecule has 0 aliphatic carbocycles. The molecule has 2 unspecified atom stereocenters. The van der Waals surface area contributed by atoms with Crippen LogP contribution in [0.5, 0.6) is 0 Å². The third-order valence-corrected chi connectivity index (χ3v) is 12.8. The van der Waals surface area contributed by atoms with E-state index >= 15 is 0 Å². The molecule has 0 aromatic rings. The zero-order valence-electron chi connectivity index (χ0n) is 42.1. The molecule has 0 rings (SSSR count). The summed E-state index contributed by atoms with van der Waals surface area (Å²) < 4.78 is 17.4. The van der Waals surface area contributed by atoms with Gasteiger partial charge < -0.3 is 23.8 Å². The van der Waals surface area contributed by atoms with Crippen molar-refractivity contribution in [1.29, 1.82) is 0 Å². The Kier molecular flexibility index (Phi) is 44.6. The van der Waals surface area contributed by atoms with Crippen molar-refractivity contribution in [2.24, 2.45) is 0 Å². The second-order valence-electron chi connectivity index (χ2n) is 19.9. The maximum Gasteiger partial charge on any atom is 0.362 e. The molecule has 0 aromatic heterocycles. The molecule has 0 radical (unpaired) electrons.